The number of carboxylic acids is 3. The number of benzene rings is 1. The predicted molar refractivity (Wildman–Crippen MR) is 121 cm³/mol. The van der Waals surface area contributed by atoms with Gasteiger partial charge in [-0.2, -0.15) is 0 Å². The Balaban J connectivity index is 0. The molecule has 32 heavy (non-hydrogen) atoms. The summed E-state index contributed by atoms with van der Waals surface area (Å²) in [6, 6.07) is 7.14. The minimum Gasteiger partial charge on any atom is -0.480 e. The molecule has 0 unspecified atom stereocenters. The molecule has 0 bridgehead atoms. The molecule has 1 rings (SSSR count). The molecule has 3 atom stereocenters. The zero-order chi connectivity index (χ0) is 25.1. The Morgan fingerprint density at radius 2 is 1.50 bits per heavy atom. The smallest absolute Gasteiger partial charge is 0.326 e. The minimum absolute atomic E-state index is 0.357. The molecule has 0 heterocycles. The van der Waals surface area contributed by atoms with Gasteiger partial charge in [-0.15, -0.1) is 0 Å². The Hall–Kier alpha value is -2.98. The van der Waals surface area contributed by atoms with Crippen LogP contribution in [0.3, 0.4) is 0 Å². The zero-order valence-electron chi connectivity index (χ0n) is 18.9. The first-order valence-corrected chi connectivity index (χ1v) is 10.4. The van der Waals surface area contributed by atoms with E-state index in [0.29, 0.717) is 31.6 Å². The molecular formula is C22H37N3O7. The van der Waals surface area contributed by atoms with E-state index in [1.165, 1.54) is 0 Å². The van der Waals surface area contributed by atoms with Crippen LogP contribution in [0.5, 0.6) is 0 Å². The van der Waals surface area contributed by atoms with Crippen LogP contribution in [0.1, 0.15) is 52.0 Å². The van der Waals surface area contributed by atoms with Crippen LogP contribution < -0.4 is 16.8 Å². The largest absolute Gasteiger partial charge is 0.480 e. The van der Waals surface area contributed by atoms with Gasteiger partial charge in [0.25, 0.3) is 0 Å². The maximum absolute atomic E-state index is 10.4. The number of carbonyl (C=O) groups is 4. The highest BCUT2D eigenvalue weighted by molar-refractivity contribution is 5.76. The third kappa shape index (κ3) is 17.8. The van der Waals surface area contributed by atoms with E-state index in [0.717, 1.165) is 18.4 Å². The quantitative estimate of drug-likeness (QED) is 0.253. The van der Waals surface area contributed by atoms with Gasteiger partial charge in [-0.1, -0.05) is 63.9 Å². The summed E-state index contributed by atoms with van der Waals surface area (Å²) in [6.07, 6.45) is 3.62. The topological polar surface area (TPSA) is 193 Å². The van der Waals surface area contributed by atoms with E-state index in [4.69, 9.17) is 26.8 Å². The fourth-order valence-electron chi connectivity index (χ4n) is 2.33. The Morgan fingerprint density at radius 3 is 1.84 bits per heavy atom. The van der Waals surface area contributed by atoms with E-state index in [1.54, 1.807) is 0 Å². The van der Waals surface area contributed by atoms with Crippen LogP contribution in [0.2, 0.25) is 0 Å². The number of carbonyl (C=O) groups excluding carboxylic acids is 1. The average Bonchev–Trinajstić information content (AvgIpc) is 2.72. The van der Waals surface area contributed by atoms with Crippen LogP contribution in [-0.4, -0.2) is 57.8 Å². The van der Waals surface area contributed by atoms with E-state index in [9.17, 15) is 19.2 Å². The molecule has 10 heteroatoms. The number of aliphatic carboxylic acids is 3. The van der Waals surface area contributed by atoms with Crippen LogP contribution in [0, 0.1) is 5.92 Å². The lowest BCUT2D eigenvalue weighted by Crippen LogP contribution is -2.35. The van der Waals surface area contributed by atoms with Crippen LogP contribution >= 0.6 is 0 Å². The number of hydrogen-bond acceptors (Lipinski definition) is 6. The van der Waals surface area contributed by atoms with Crippen molar-refractivity contribution in [1.29, 1.82) is 0 Å². The van der Waals surface area contributed by atoms with Crippen LogP contribution in [0.4, 0.5) is 0 Å². The Morgan fingerprint density at radius 1 is 0.969 bits per heavy atom. The number of nitrogens with one attached hydrogen (secondary N) is 1. The van der Waals surface area contributed by atoms with Gasteiger partial charge in [0.15, 0.2) is 0 Å². The fraction of sp³-hybridized carbons (Fsp3) is 0.545. The summed E-state index contributed by atoms with van der Waals surface area (Å²) in [6.45, 7) is 5.87. The van der Waals surface area contributed by atoms with Crippen molar-refractivity contribution in [3.05, 3.63) is 35.9 Å². The molecule has 0 saturated heterocycles. The second-order valence-electron chi connectivity index (χ2n) is 7.53. The maximum Gasteiger partial charge on any atom is 0.326 e. The highest BCUT2D eigenvalue weighted by atomic mass is 16.4. The molecule has 0 fully saturated rings. The van der Waals surface area contributed by atoms with Crippen LogP contribution in [0.15, 0.2) is 30.3 Å². The van der Waals surface area contributed by atoms with Crippen molar-refractivity contribution in [3.8, 4) is 0 Å². The molecule has 10 nitrogen and oxygen atoms in total. The van der Waals surface area contributed by atoms with Gasteiger partial charge in [-0.3, -0.25) is 14.4 Å². The third-order valence-electron chi connectivity index (χ3n) is 4.07. The summed E-state index contributed by atoms with van der Waals surface area (Å²) < 4.78 is 0. The molecule has 0 aliphatic carbocycles. The molecule has 182 valence electrons. The van der Waals surface area contributed by atoms with Gasteiger partial charge in [0.1, 0.15) is 18.1 Å². The highest BCUT2D eigenvalue weighted by Gasteiger charge is 2.14. The Labute approximate surface area is 189 Å². The molecule has 8 N–H and O–H groups in total. The first kappa shape index (κ1) is 31.2. The van der Waals surface area contributed by atoms with E-state index < -0.39 is 36.0 Å². The minimum atomic E-state index is -0.967. The molecule has 0 aromatic heterocycles. The summed E-state index contributed by atoms with van der Waals surface area (Å²) in [7, 11) is 0. The van der Waals surface area contributed by atoms with Crippen molar-refractivity contribution >= 4 is 24.3 Å². The second-order valence-corrected chi connectivity index (χ2v) is 7.53. The lowest BCUT2D eigenvalue weighted by molar-refractivity contribution is -0.141. The lowest BCUT2D eigenvalue weighted by Gasteiger charge is -2.08. The summed E-state index contributed by atoms with van der Waals surface area (Å²) in [5, 5.41) is 27.6. The van der Waals surface area contributed by atoms with Crippen LogP contribution in [0.25, 0.3) is 0 Å². The molecule has 0 radical (unpaired) electrons. The molecule has 1 aromatic carbocycles. The van der Waals surface area contributed by atoms with Crippen molar-refractivity contribution in [3.63, 3.8) is 0 Å². The van der Waals surface area contributed by atoms with E-state index in [2.05, 4.69) is 5.32 Å². The monoisotopic (exact) mass is 455 g/mol. The van der Waals surface area contributed by atoms with Gasteiger partial charge in [-0.05, 0) is 30.7 Å². The molecular weight excluding hydrogens is 418 g/mol. The molecule has 0 aliphatic rings. The van der Waals surface area contributed by atoms with Crippen molar-refractivity contribution in [2.45, 2.75) is 71.0 Å². The van der Waals surface area contributed by atoms with Crippen molar-refractivity contribution in [2.75, 3.05) is 0 Å². The van der Waals surface area contributed by atoms with Crippen molar-refractivity contribution in [2.24, 2.45) is 17.4 Å². The summed E-state index contributed by atoms with van der Waals surface area (Å²) in [4.78, 5) is 40.8. The molecule has 1 amide bonds. The molecule has 0 spiro atoms. The van der Waals surface area contributed by atoms with Gasteiger partial charge < -0.3 is 32.1 Å². The van der Waals surface area contributed by atoms with Gasteiger partial charge in [0, 0.05) is 0 Å². The number of carboxylic acid groups (broad SMARTS) is 3. The standard InChI is InChI=1S/C9H11NO2.C7H13NO3.C6H13NO2/c10-8(9(11)12)6-7-4-2-1-3-5-7;1-2-3-4-6(7(10)11)8-5-9;1-4(2)3-5(7)6(8)9/h1-5,8H,6,10H2,(H,11,12);5-6H,2-4H2,1H3,(H,8,9)(H,10,11);4-5H,3,7H2,1-2H3,(H,8,9)/t8-;6-;5-/m000/s1. The summed E-state index contributed by atoms with van der Waals surface area (Å²) in [5.74, 6) is -2.48. The van der Waals surface area contributed by atoms with Crippen LogP contribution in [-0.2, 0) is 25.6 Å². The van der Waals surface area contributed by atoms with Gasteiger partial charge in [-0.25, -0.2) is 4.79 Å². The normalized spacial score (nSPS) is 12.7. The number of rotatable bonds is 12. The van der Waals surface area contributed by atoms with E-state index in [-0.39, 0.29) is 0 Å². The second kappa shape index (κ2) is 18.8. The average molecular weight is 456 g/mol. The number of unbranched alkanes of at least 4 members (excludes halogenated alkanes) is 1. The number of amides is 1. The first-order valence-electron chi connectivity index (χ1n) is 10.4. The molecule has 1 aromatic rings. The number of nitrogens with two attached hydrogens (primary N) is 2. The lowest BCUT2D eigenvalue weighted by atomic mass is 10.1. The first-order chi connectivity index (χ1) is 15.0. The van der Waals surface area contributed by atoms with E-state index >= 15 is 0 Å². The van der Waals surface area contributed by atoms with E-state index in [1.807, 2.05) is 51.1 Å². The van der Waals surface area contributed by atoms with Crippen molar-refractivity contribution in [1.82, 2.24) is 5.32 Å². The third-order valence-corrected chi connectivity index (χ3v) is 4.07. The SMILES string of the molecule is CC(C)C[C@H](N)C(=O)O.CCCC[C@H](NC=O)C(=O)O.N[C@@H](Cc1ccccc1)C(=O)O. The fourth-order valence-corrected chi connectivity index (χ4v) is 2.33. The maximum atomic E-state index is 10.4. The Kier molecular flexibility index (Phi) is 18.3. The zero-order valence-corrected chi connectivity index (χ0v) is 18.9. The van der Waals surface area contributed by atoms with Gasteiger partial charge in [0.05, 0.1) is 0 Å². The molecule has 0 aliphatic heterocycles. The molecule has 0 saturated carbocycles. The Bertz CT molecular complexity index is 669. The predicted octanol–water partition coefficient (Wildman–Crippen LogP) is 1.46. The van der Waals surface area contributed by atoms with Crippen molar-refractivity contribution < 1.29 is 34.5 Å². The highest BCUT2D eigenvalue weighted by Crippen LogP contribution is 2.02. The summed E-state index contributed by atoms with van der Waals surface area (Å²) in [5.41, 5.74) is 11.5. The number of hydrogen-bond donors (Lipinski definition) is 6. The summed E-state index contributed by atoms with van der Waals surface area (Å²) >= 11 is 0. The van der Waals surface area contributed by atoms with Gasteiger partial charge in [0.2, 0.25) is 6.41 Å². The van der Waals surface area contributed by atoms with Gasteiger partial charge >= 0.3 is 17.9 Å².